The van der Waals surface area contributed by atoms with Crippen molar-refractivity contribution in [2.24, 2.45) is 5.41 Å². The summed E-state index contributed by atoms with van der Waals surface area (Å²) in [5, 5.41) is 21.0. The van der Waals surface area contributed by atoms with Gasteiger partial charge >= 0.3 is 0 Å². The summed E-state index contributed by atoms with van der Waals surface area (Å²) in [6.07, 6.45) is 4.26. The van der Waals surface area contributed by atoms with Crippen LogP contribution in [0.25, 0.3) is 5.76 Å². The van der Waals surface area contributed by atoms with E-state index in [0.29, 0.717) is 40.9 Å². The molecule has 2 N–H and O–H groups in total. The molecule has 0 saturated heterocycles. The molecule has 0 spiro atoms. The van der Waals surface area contributed by atoms with E-state index >= 15 is 0 Å². The number of hydrogen-bond donors (Lipinski definition) is 2. The number of halogens is 1. The first kappa shape index (κ1) is 23.7. The molecule has 1 unspecified atom stereocenters. The number of aromatic nitrogens is 1. The zero-order valence-corrected chi connectivity index (χ0v) is 20.5. The number of aryl methyl sites for hydroxylation is 1. The van der Waals surface area contributed by atoms with Gasteiger partial charge in [-0.1, -0.05) is 49.7 Å². The number of nitrogens with zero attached hydrogens (tertiary/aromatic N) is 2. The van der Waals surface area contributed by atoms with Gasteiger partial charge in [0.05, 0.1) is 0 Å². The molecule has 2 aromatic carbocycles. The molecule has 2 aliphatic rings. The molecule has 1 aromatic heterocycles. The Morgan fingerprint density at radius 1 is 1.08 bits per heavy atom. The fourth-order valence-corrected chi connectivity index (χ4v) is 5.24. The molecule has 2 heterocycles. The van der Waals surface area contributed by atoms with Crippen LogP contribution in [0.1, 0.15) is 49.3 Å². The van der Waals surface area contributed by atoms with E-state index in [2.05, 4.69) is 4.98 Å². The minimum atomic E-state index is -0.650. The van der Waals surface area contributed by atoms with E-state index in [-0.39, 0.29) is 28.6 Å². The van der Waals surface area contributed by atoms with Crippen LogP contribution in [0.4, 0.5) is 10.1 Å². The molecule has 36 heavy (non-hydrogen) atoms. The lowest BCUT2D eigenvalue weighted by Crippen LogP contribution is -2.45. The van der Waals surface area contributed by atoms with Crippen LogP contribution in [0.5, 0.6) is 0 Å². The molecular weight excluding hydrogens is 453 g/mol. The molecule has 0 radical (unpaired) electrons. The van der Waals surface area contributed by atoms with E-state index < -0.39 is 5.92 Å². The van der Waals surface area contributed by atoms with Crippen LogP contribution >= 0.6 is 0 Å². The van der Waals surface area contributed by atoms with Crippen LogP contribution in [0.3, 0.4) is 0 Å². The second-order valence-electron chi connectivity index (χ2n) is 10.3. The third-order valence-electron chi connectivity index (χ3n) is 6.91. The second-order valence-corrected chi connectivity index (χ2v) is 10.3. The van der Waals surface area contributed by atoms with Crippen LogP contribution < -0.4 is 4.90 Å². The normalized spacial score (nSPS) is 20.9. The Hall–Kier alpha value is -4.06. The Morgan fingerprint density at radius 3 is 2.42 bits per heavy atom. The molecule has 1 aliphatic carbocycles. The number of aliphatic hydroxyl groups excluding tert-OH is 1. The summed E-state index contributed by atoms with van der Waals surface area (Å²) in [6.45, 7) is 6.04. The maximum Gasteiger partial charge on any atom is 0.162 e. The first-order chi connectivity index (χ1) is 17.2. The maximum atomic E-state index is 13.8. The van der Waals surface area contributed by atoms with Gasteiger partial charge in [-0.25, -0.2) is 4.39 Å². The van der Waals surface area contributed by atoms with Gasteiger partial charge in [0, 0.05) is 52.8 Å². The summed E-state index contributed by atoms with van der Waals surface area (Å²) in [5.74, 6) is -1.07. The number of carbonyl (C=O) groups is 1. The Labute approximate surface area is 210 Å². The average Bonchev–Trinajstić information content (AvgIpc) is 2.84. The van der Waals surface area contributed by atoms with Gasteiger partial charge in [0.15, 0.2) is 5.78 Å². The first-order valence-electron chi connectivity index (χ1n) is 12.0. The summed E-state index contributed by atoms with van der Waals surface area (Å²) in [5.41, 5.74) is 4.17. The number of amidine groups is 1. The smallest absolute Gasteiger partial charge is 0.162 e. The minimum absolute atomic E-state index is 0.0241. The number of Topliss-reactive ketones (excluding diaryl/α,β-unsaturated/α-hetero) is 1. The number of aliphatic hydroxyl groups is 1. The third-order valence-corrected chi connectivity index (χ3v) is 6.91. The number of carbonyl (C=O) groups excluding carboxylic acids is 1. The fourth-order valence-electron chi connectivity index (χ4n) is 5.24. The molecule has 5 rings (SSSR count). The number of rotatable bonds is 3. The molecule has 0 fully saturated rings. The molecule has 5 nitrogen and oxygen atoms in total. The summed E-state index contributed by atoms with van der Waals surface area (Å²) in [6, 6.07) is 17.0. The summed E-state index contributed by atoms with van der Waals surface area (Å²) < 4.78 is 13.8. The first-order valence-corrected chi connectivity index (χ1v) is 12.0. The van der Waals surface area contributed by atoms with Gasteiger partial charge in [0.1, 0.15) is 17.4 Å². The van der Waals surface area contributed by atoms with Crippen LogP contribution in [0, 0.1) is 23.6 Å². The number of nitrogens with one attached hydrogen (secondary N) is 1. The van der Waals surface area contributed by atoms with Gasteiger partial charge in [-0.05, 0) is 54.7 Å². The highest BCUT2D eigenvalue weighted by atomic mass is 19.1. The Morgan fingerprint density at radius 2 is 1.78 bits per heavy atom. The fraction of sp³-hybridized carbons (Fsp3) is 0.233. The van der Waals surface area contributed by atoms with Crippen molar-refractivity contribution in [3.05, 3.63) is 112 Å². The van der Waals surface area contributed by atoms with Gasteiger partial charge in [-0.15, -0.1) is 0 Å². The zero-order valence-electron chi connectivity index (χ0n) is 20.5. The van der Waals surface area contributed by atoms with Crippen LogP contribution in [0.2, 0.25) is 0 Å². The van der Waals surface area contributed by atoms with E-state index in [1.807, 2.05) is 51.1 Å². The van der Waals surface area contributed by atoms with Crippen molar-refractivity contribution in [1.29, 1.82) is 5.41 Å². The molecule has 6 heteroatoms. The van der Waals surface area contributed by atoms with E-state index in [1.54, 1.807) is 35.5 Å². The van der Waals surface area contributed by atoms with Crippen molar-refractivity contribution in [3.8, 4) is 0 Å². The predicted molar refractivity (Wildman–Crippen MR) is 139 cm³/mol. The minimum Gasteiger partial charge on any atom is -0.507 e. The largest absolute Gasteiger partial charge is 0.507 e. The van der Waals surface area contributed by atoms with Crippen LogP contribution in [0.15, 0.2) is 89.9 Å². The third kappa shape index (κ3) is 4.13. The van der Waals surface area contributed by atoms with Gasteiger partial charge < -0.3 is 5.11 Å². The molecule has 1 atom stereocenters. The average molecular weight is 482 g/mol. The molecule has 1 aliphatic heterocycles. The lowest BCUT2D eigenvalue weighted by atomic mass is 9.67. The molecule has 0 bridgehead atoms. The highest BCUT2D eigenvalue weighted by Crippen LogP contribution is 2.51. The quantitative estimate of drug-likeness (QED) is 0.407. The van der Waals surface area contributed by atoms with Crippen molar-refractivity contribution < 1.29 is 14.3 Å². The standard InChI is InChI=1S/C30H28FN3O2/c1-18-6-8-19(9-7-18)28(36)27-25(20-5-4-14-33-17-20)26-23(15-30(2,3)16-24(26)35)34(29(27)32)22-12-10-21(31)11-13-22/h4-14,17,25,32,36H,15-16H2,1-3H3/b28-27+,32-29?. The van der Waals surface area contributed by atoms with Gasteiger partial charge in [0.25, 0.3) is 0 Å². The highest BCUT2D eigenvalue weighted by Gasteiger charge is 2.46. The number of benzene rings is 2. The van der Waals surface area contributed by atoms with E-state index in [1.165, 1.54) is 12.1 Å². The van der Waals surface area contributed by atoms with Crippen molar-refractivity contribution in [2.75, 3.05) is 4.90 Å². The van der Waals surface area contributed by atoms with Crippen molar-refractivity contribution >= 4 is 23.1 Å². The van der Waals surface area contributed by atoms with E-state index in [4.69, 9.17) is 0 Å². The summed E-state index contributed by atoms with van der Waals surface area (Å²) in [7, 11) is 0. The number of pyridine rings is 1. The number of anilines is 1. The van der Waals surface area contributed by atoms with E-state index in [0.717, 1.165) is 11.1 Å². The molecular formula is C30H28FN3O2. The van der Waals surface area contributed by atoms with Gasteiger partial charge in [-0.2, -0.15) is 0 Å². The lowest BCUT2D eigenvalue weighted by Gasteiger charge is -2.45. The van der Waals surface area contributed by atoms with E-state index in [9.17, 15) is 19.7 Å². The highest BCUT2D eigenvalue weighted by molar-refractivity contribution is 6.19. The van der Waals surface area contributed by atoms with Crippen molar-refractivity contribution in [3.63, 3.8) is 0 Å². The van der Waals surface area contributed by atoms with Crippen molar-refractivity contribution in [1.82, 2.24) is 4.98 Å². The Bertz CT molecular complexity index is 1400. The van der Waals surface area contributed by atoms with Crippen molar-refractivity contribution in [2.45, 2.75) is 39.5 Å². The molecule has 0 saturated carbocycles. The summed E-state index contributed by atoms with van der Waals surface area (Å²) in [4.78, 5) is 19.7. The topological polar surface area (TPSA) is 77.3 Å². The van der Waals surface area contributed by atoms with Gasteiger partial charge in [0.2, 0.25) is 0 Å². The SMILES string of the molecule is Cc1ccc(/C(O)=C2\C(=N)N(c3ccc(F)cc3)C3=C(C(=O)CC(C)(C)C3)C2c2cccnc2)cc1. The number of allylic oxidation sites excluding steroid dienone is 2. The Balaban J connectivity index is 1.84. The molecule has 3 aromatic rings. The number of hydrogen-bond acceptors (Lipinski definition) is 4. The number of ketones is 1. The van der Waals surface area contributed by atoms with Crippen LogP contribution in [-0.4, -0.2) is 21.7 Å². The predicted octanol–water partition coefficient (Wildman–Crippen LogP) is 6.72. The monoisotopic (exact) mass is 481 g/mol. The second kappa shape index (κ2) is 8.86. The molecule has 182 valence electrons. The Kier molecular flexibility index (Phi) is 5.83. The van der Waals surface area contributed by atoms with Crippen LogP contribution in [-0.2, 0) is 4.79 Å². The summed E-state index contributed by atoms with van der Waals surface area (Å²) >= 11 is 0. The molecule has 0 amide bonds. The maximum absolute atomic E-state index is 13.8. The van der Waals surface area contributed by atoms with Gasteiger partial charge in [-0.3, -0.25) is 20.1 Å². The lowest BCUT2D eigenvalue weighted by molar-refractivity contribution is -0.118. The zero-order chi connectivity index (χ0) is 25.6.